The fraction of sp³-hybridized carbons (Fsp3) is 0.214. The van der Waals surface area contributed by atoms with Gasteiger partial charge in [0.2, 0.25) is 5.91 Å². The number of rotatable bonds is 7. The molecule has 1 aromatic carbocycles. The molecule has 0 bridgehead atoms. The van der Waals surface area contributed by atoms with Gasteiger partial charge in [0.1, 0.15) is 11.0 Å². The number of carbonyl (C=O) groups excluding carboxylic acids is 1. The van der Waals surface area contributed by atoms with Crippen molar-refractivity contribution < 1.29 is 29.3 Å². The van der Waals surface area contributed by atoms with Gasteiger partial charge in [0.15, 0.2) is 11.8 Å². The molecule has 0 aromatic heterocycles. The molecule has 1 fully saturated rings. The maximum atomic E-state index is 11.6. The number of amidine groups is 1. The molecule has 1 aliphatic heterocycles. The lowest BCUT2D eigenvalue weighted by atomic mass is 10.2. The van der Waals surface area contributed by atoms with Crippen LogP contribution in [0.15, 0.2) is 31.3 Å². The van der Waals surface area contributed by atoms with Crippen molar-refractivity contribution in [2.45, 2.75) is 11.7 Å². The van der Waals surface area contributed by atoms with Gasteiger partial charge in [-0.3, -0.25) is 9.59 Å². The predicted octanol–water partition coefficient (Wildman–Crippen LogP) is 2.07. The highest BCUT2D eigenvalue weighted by atomic mass is 79.9. The van der Waals surface area contributed by atoms with E-state index in [1.54, 1.807) is 12.1 Å². The Morgan fingerprint density at radius 3 is 2.50 bits per heavy atom. The molecule has 1 aromatic rings. The van der Waals surface area contributed by atoms with Crippen molar-refractivity contribution in [3.63, 3.8) is 0 Å². The minimum Gasteiger partial charge on any atom is -0.481 e. The molecule has 138 valence electrons. The zero-order valence-electron chi connectivity index (χ0n) is 12.8. The summed E-state index contributed by atoms with van der Waals surface area (Å²) in [5.41, 5.74) is 0.632. The van der Waals surface area contributed by atoms with Gasteiger partial charge in [0.05, 0.1) is 21.6 Å². The highest BCUT2D eigenvalue weighted by molar-refractivity contribution is 9.11. The van der Waals surface area contributed by atoms with Gasteiger partial charge in [-0.15, -0.1) is 5.10 Å². The largest absolute Gasteiger partial charge is 0.481 e. The van der Waals surface area contributed by atoms with E-state index >= 15 is 0 Å². The SMILES string of the molecule is O=C(O)COc1c(Br)cc(C=NN=C2NC(=O)C(CC(=O)O)S2)cc1Br. The van der Waals surface area contributed by atoms with E-state index in [0.29, 0.717) is 20.3 Å². The number of ether oxygens (including phenoxy) is 1. The lowest BCUT2D eigenvalue weighted by Crippen LogP contribution is -2.26. The van der Waals surface area contributed by atoms with Gasteiger partial charge in [0, 0.05) is 0 Å². The zero-order chi connectivity index (χ0) is 19.3. The molecule has 12 heteroatoms. The van der Waals surface area contributed by atoms with Gasteiger partial charge in [-0.2, -0.15) is 5.10 Å². The van der Waals surface area contributed by atoms with Crippen LogP contribution >= 0.6 is 43.6 Å². The molecule has 1 atom stereocenters. The Morgan fingerprint density at radius 1 is 1.27 bits per heavy atom. The van der Waals surface area contributed by atoms with Crippen molar-refractivity contribution in [1.29, 1.82) is 0 Å². The summed E-state index contributed by atoms with van der Waals surface area (Å²) in [6.45, 7) is -0.479. The van der Waals surface area contributed by atoms with Crippen molar-refractivity contribution in [3.8, 4) is 5.75 Å². The van der Waals surface area contributed by atoms with Crippen LogP contribution in [0.5, 0.6) is 5.75 Å². The Kier molecular flexibility index (Phi) is 7.17. The summed E-state index contributed by atoms with van der Waals surface area (Å²) in [6.07, 6.45) is 1.12. The van der Waals surface area contributed by atoms with E-state index in [-0.39, 0.29) is 11.6 Å². The highest BCUT2D eigenvalue weighted by Crippen LogP contribution is 2.34. The Hall–Kier alpha value is -1.92. The third-order valence-corrected chi connectivity index (χ3v) is 5.10. The van der Waals surface area contributed by atoms with Gasteiger partial charge >= 0.3 is 11.9 Å². The molecule has 9 nitrogen and oxygen atoms in total. The van der Waals surface area contributed by atoms with Crippen molar-refractivity contribution in [2.75, 3.05) is 6.61 Å². The van der Waals surface area contributed by atoms with E-state index in [1.165, 1.54) is 6.21 Å². The molecule has 0 spiro atoms. The van der Waals surface area contributed by atoms with Gasteiger partial charge in [-0.05, 0) is 49.6 Å². The van der Waals surface area contributed by atoms with Crippen LogP contribution in [0.25, 0.3) is 0 Å². The quantitative estimate of drug-likeness (QED) is 0.378. The maximum Gasteiger partial charge on any atom is 0.341 e. The summed E-state index contributed by atoms with van der Waals surface area (Å²) >= 11 is 7.57. The summed E-state index contributed by atoms with van der Waals surface area (Å²) in [5.74, 6) is -2.24. The lowest BCUT2D eigenvalue weighted by molar-refractivity contribution is -0.139. The molecule has 26 heavy (non-hydrogen) atoms. The van der Waals surface area contributed by atoms with E-state index in [2.05, 4.69) is 47.4 Å². The Morgan fingerprint density at radius 2 is 1.92 bits per heavy atom. The molecule has 3 N–H and O–H groups in total. The minimum absolute atomic E-state index is 0.219. The number of nitrogens with one attached hydrogen (secondary N) is 1. The average molecular weight is 509 g/mol. The summed E-state index contributed by atoms with van der Waals surface area (Å²) in [4.78, 5) is 32.8. The number of hydrogen-bond acceptors (Lipinski definition) is 7. The first-order valence-corrected chi connectivity index (χ1v) is 9.37. The van der Waals surface area contributed by atoms with E-state index in [4.69, 9.17) is 14.9 Å². The first-order valence-electron chi connectivity index (χ1n) is 6.90. The number of halogens is 2. The number of carbonyl (C=O) groups is 3. The fourth-order valence-electron chi connectivity index (χ4n) is 1.82. The van der Waals surface area contributed by atoms with Crippen LogP contribution in [-0.4, -0.2) is 51.3 Å². The van der Waals surface area contributed by atoms with E-state index in [9.17, 15) is 14.4 Å². The average Bonchev–Trinajstić information content (AvgIpc) is 2.85. The number of hydrogen-bond donors (Lipinski definition) is 3. The third-order valence-electron chi connectivity index (χ3n) is 2.85. The standard InChI is InChI=1S/C14H11Br2N3O6S/c15-7-1-6(2-8(16)12(7)25-5-11(22)23)4-17-19-14-18-13(24)9(26-14)3-10(20)21/h1-2,4,9H,3,5H2,(H,20,21)(H,22,23)(H,18,19,24). The van der Waals surface area contributed by atoms with Crippen LogP contribution in [0.3, 0.4) is 0 Å². The minimum atomic E-state index is -1.09. The van der Waals surface area contributed by atoms with Gasteiger partial charge in [0.25, 0.3) is 0 Å². The van der Waals surface area contributed by atoms with Gasteiger partial charge in [-0.1, -0.05) is 11.8 Å². The van der Waals surface area contributed by atoms with Crippen molar-refractivity contribution in [2.24, 2.45) is 10.2 Å². The number of benzene rings is 1. The first kappa shape index (κ1) is 20.4. The van der Waals surface area contributed by atoms with Crippen LogP contribution in [0.2, 0.25) is 0 Å². The second-order valence-corrected chi connectivity index (χ2v) is 7.74. The molecule has 1 saturated heterocycles. The number of carboxylic acids is 2. The molecule has 2 rings (SSSR count). The van der Waals surface area contributed by atoms with E-state index in [0.717, 1.165) is 11.8 Å². The van der Waals surface area contributed by atoms with Crippen LogP contribution in [0, 0.1) is 0 Å². The molecule has 1 aliphatic rings. The Balaban J connectivity index is 2.05. The van der Waals surface area contributed by atoms with Crippen LogP contribution in [-0.2, 0) is 14.4 Å². The van der Waals surface area contributed by atoms with Crippen molar-refractivity contribution in [1.82, 2.24) is 5.32 Å². The normalized spacial score (nSPS) is 18.3. The highest BCUT2D eigenvalue weighted by Gasteiger charge is 2.32. The Bertz CT molecular complexity index is 791. The fourth-order valence-corrected chi connectivity index (χ4v) is 4.18. The number of amides is 1. The molecule has 0 radical (unpaired) electrons. The molecule has 1 amide bonds. The lowest BCUT2D eigenvalue weighted by Gasteiger charge is -2.09. The second kappa shape index (κ2) is 9.14. The molecule has 1 heterocycles. The maximum absolute atomic E-state index is 11.6. The smallest absolute Gasteiger partial charge is 0.341 e. The van der Waals surface area contributed by atoms with Gasteiger partial charge < -0.3 is 20.3 Å². The van der Waals surface area contributed by atoms with Gasteiger partial charge in [-0.25, -0.2) is 4.79 Å². The van der Waals surface area contributed by atoms with Crippen LogP contribution < -0.4 is 10.1 Å². The zero-order valence-corrected chi connectivity index (χ0v) is 16.8. The second-order valence-electron chi connectivity index (χ2n) is 4.84. The number of thioether (sulfide) groups is 1. The monoisotopic (exact) mass is 507 g/mol. The number of carboxylic acid groups (broad SMARTS) is 2. The topological polar surface area (TPSA) is 138 Å². The number of aliphatic carboxylic acids is 2. The van der Waals surface area contributed by atoms with Crippen LogP contribution in [0.4, 0.5) is 0 Å². The van der Waals surface area contributed by atoms with E-state index < -0.39 is 29.7 Å². The summed E-state index contributed by atoms with van der Waals surface area (Å²) in [7, 11) is 0. The molecular weight excluding hydrogens is 498 g/mol. The summed E-state index contributed by atoms with van der Waals surface area (Å²) in [5, 5.41) is 27.1. The summed E-state index contributed by atoms with van der Waals surface area (Å²) < 4.78 is 6.20. The van der Waals surface area contributed by atoms with Crippen LogP contribution in [0.1, 0.15) is 12.0 Å². The Labute approximate surface area is 168 Å². The molecule has 0 saturated carbocycles. The number of nitrogens with zero attached hydrogens (tertiary/aromatic N) is 2. The van der Waals surface area contributed by atoms with E-state index in [1.807, 2.05) is 0 Å². The summed E-state index contributed by atoms with van der Waals surface area (Å²) in [6, 6.07) is 3.30. The molecule has 1 unspecified atom stereocenters. The third kappa shape index (κ3) is 5.81. The van der Waals surface area contributed by atoms with Crippen molar-refractivity contribution in [3.05, 3.63) is 26.6 Å². The molecular formula is C14H11Br2N3O6S. The van der Waals surface area contributed by atoms with Crippen molar-refractivity contribution >= 4 is 72.8 Å². The predicted molar refractivity (Wildman–Crippen MR) is 102 cm³/mol. The molecule has 0 aliphatic carbocycles. The first-order chi connectivity index (χ1) is 12.3.